The Morgan fingerprint density at radius 2 is 1.88 bits per heavy atom. The van der Waals surface area contributed by atoms with Gasteiger partial charge in [-0.15, -0.1) is 0 Å². The van der Waals surface area contributed by atoms with Crippen LogP contribution in [0.3, 0.4) is 0 Å². The van der Waals surface area contributed by atoms with Gasteiger partial charge in [0.2, 0.25) is 5.91 Å². The fraction of sp³-hybridized carbons (Fsp3) is 0.929. The van der Waals surface area contributed by atoms with Gasteiger partial charge in [0.05, 0.1) is 6.54 Å². The van der Waals surface area contributed by atoms with Crippen LogP contribution in [0.4, 0.5) is 0 Å². The maximum atomic E-state index is 12.2. The molecule has 0 atom stereocenters. The summed E-state index contributed by atoms with van der Waals surface area (Å²) in [5.74, 6) is 0.888. The molecule has 0 radical (unpaired) electrons. The maximum absolute atomic E-state index is 12.2. The minimum atomic E-state index is 0.313. The number of amides is 1. The highest BCUT2D eigenvalue weighted by Crippen LogP contribution is 2.27. The molecule has 2 aliphatic rings. The molecule has 3 nitrogen and oxygen atoms in total. The molecular weight excluding hydrogens is 212 g/mol. The first-order chi connectivity index (χ1) is 8.16. The predicted molar refractivity (Wildman–Crippen MR) is 69.8 cm³/mol. The zero-order valence-corrected chi connectivity index (χ0v) is 11.2. The Morgan fingerprint density at radius 3 is 2.41 bits per heavy atom. The van der Waals surface area contributed by atoms with Crippen molar-refractivity contribution in [2.24, 2.45) is 5.92 Å². The van der Waals surface area contributed by atoms with Gasteiger partial charge in [-0.05, 0) is 31.6 Å². The molecule has 0 heterocycles. The molecule has 2 fully saturated rings. The van der Waals surface area contributed by atoms with Gasteiger partial charge in [-0.1, -0.05) is 26.7 Å². The van der Waals surface area contributed by atoms with E-state index in [1.54, 1.807) is 0 Å². The van der Waals surface area contributed by atoms with E-state index in [1.807, 2.05) is 0 Å². The Hall–Kier alpha value is -0.570. The Balaban J connectivity index is 1.75. The summed E-state index contributed by atoms with van der Waals surface area (Å²) in [6, 6.07) is 1.15. The quantitative estimate of drug-likeness (QED) is 0.769. The second-order valence-corrected chi connectivity index (χ2v) is 6.03. The van der Waals surface area contributed by atoms with Crippen LogP contribution in [0.5, 0.6) is 0 Å². The van der Waals surface area contributed by atoms with Crippen LogP contribution in [0, 0.1) is 5.92 Å². The highest BCUT2D eigenvalue weighted by Gasteiger charge is 2.32. The molecule has 3 heteroatoms. The molecule has 2 rings (SSSR count). The average Bonchev–Trinajstić information content (AvgIpc) is 2.99. The smallest absolute Gasteiger partial charge is 0.236 e. The zero-order valence-electron chi connectivity index (χ0n) is 11.2. The van der Waals surface area contributed by atoms with Gasteiger partial charge in [0.1, 0.15) is 0 Å². The summed E-state index contributed by atoms with van der Waals surface area (Å²) in [5, 5.41) is 3.43. The van der Waals surface area contributed by atoms with Crippen molar-refractivity contribution in [3.63, 3.8) is 0 Å². The van der Waals surface area contributed by atoms with Gasteiger partial charge >= 0.3 is 0 Å². The van der Waals surface area contributed by atoms with Crippen LogP contribution in [0.15, 0.2) is 0 Å². The Labute approximate surface area is 105 Å². The molecule has 0 aromatic carbocycles. The van der Waals surface area contributed by atoms with Crippen molar-refractivity contribution >= 4 is 5.91 Å². The van der Waals surface area contributed by atoms with Crippen molar-refractivity contribution in [3.8, 4) is 0 Å². The van der Waals surface area contributed by atoms with Crippen LogP contribution < -0.4 is 5.32 Å². The third-order valence-corrected chi connectivity index (χ3v) is 3.77. The van der Waals surface area contributed by atoms with E-state index in [1.165, 1.54) is 38.5 Å². The zero-order chi connectivity index (χ0) is 12.3. The van der Waals surface area contributed by atoms with E-state index in [4.69, 9.17) is 0 Å². The highest BCUT2D eigenvalue weighted by molar-refractivity contribution is 5.79. The summed E-state index contributed by atoms with van der Waals surface area (Å²) in [7, 11) is 0. The van der Waals surface area contributed by atoms with Crippen molar-refractivity contribution in [2.45, 2.75) is 64.5 Å². The summed E-state index contributed by atoms with van der Waals surface area (Å²) in [6.07, 6.45) is 7.57. The van der Waals surface area contributed by atoms with Gasteiger partial charge in [0.25, 0.3) is 0 Å². The predicted octanol–water partition coefficient (Wildman–Crippen LogP) is 2.17. The van der Waals surface area contributed by atoms with Crippen LogP contribution in [0.25, 0.3) is 0 Å². The molecule has 0 aliphatic heterocycles. The van der Waals surface area contributed by atoms with Gasteiger partial charge in [0, 0.05) is 18.6 Å². The van der Waals surface area contributed by atoms with Gasteiger partial charge < -0.3 is 10.2 Å². The first kappa shape index (κ1) is 12.9. The normalized spacial score (nSPS) is 21.1. The molecule has 17 heavy (non-hydrogen) atoms. The number of nitrogens with one attached hydrogen (secondary N) is 1. The Bertz CT molecular complexity index is 255. The molecule has 0 aromatic rings. The van der Waals surface area contributed by atoms with Crippen LogP contribution in [-0.2, 0) is 4.79 Å². The summed E-state index contributed by atoms with van der Waals surface area (Å²) >= 11 is 0. The molecular formula is C14H26N2O. The number of carbonyl (C=O) groups is 1. The Kier molecular flexibility index (Phi) is 4.43. The van der Waals surface area contributed by atoms with Crippen molar-refractivity contribution in [2.75, 3.05) is 13.1 Å². The minimum Gasteiger partial charge on any atom is -0.338 e. The van der Waals surface area contributed by atoms with Crippen LogP contribution >= 0.6 is 0 Å². The molecule has 0 spiro atoms. The van der Waals surface area contributed by atoms with E-state index >= 15 is 0 Å². The molecule has 0 unspecified atom stereocenters. The maximum Gasteiger partial charge on any atom is 0.236 e. The second-order valence-electron chi connectivity index (χ2n) is 6.03. The van der Waals surface area contributed by atoms with E-state index in [0.29, 0.717) is 30.5 Å². The molecule has 2 aliphatic carbocycles. The monoisotopic (exact) mass is 238 g/mol. The summed E-state index contributed by atoms with van der Waals surface area (Å²) in [4.78, 5) is 14.3. The molecule has 98 valence electrons. The van der Waals surface area contributed by atoms with Crippen molar-refractivity contribution < 1.29 is 4.79 Å². The summed E-state index contributed by atoms with van der Waals surface area (Å²) < 4.78 is 0. The third-order valence-electron chi connectivity index (χ3n) is 3.77. The first-order valence-corrected chi connectivity index (χ1v) is 7.19. The lowest BCUT2D eigenvalue weighted by Gasteiger charge is -2.25. The number of hydrogen-bond donors (Lipinski definition) is 1. The number of carbonyl (C=O) groups excluding carboxylic acids is 1. The SMILES string of the molecule is CC(C)CN(C(=O)CNC1CCCC1)C1CC1. The van der Waals surface area contributed by atoms with Crippen LogP contribution in [0.1, 0.15) is 52.4 Å². The lowest BCUT2D eigenvalue weighted by atomic mass is 10.2. The average molecular weight is 238 g/mol. The summed E-state index contributed by atoms with van der Waals surface area (Å²) in [6.45, 7) is 5.85. The van der Waals surface area contributed by atoms with E-state index in [0.717, 1.165) is 6.54 Å². The lowest BCUT2D eigenvalue weighted by Crippen LogP contribution is -2.43. The molecule has 2 saturated carbocycles. The summed E-state index contributed by atoms with van der Waals surface area (Å²) in [5.41, 5.74) is 0. The Morgan fingerprint density at radius 1 is 1.24 bits per heavy atom. The molecule has 0 bridgehead atoms. The van der Waals surface area contributed by atoms with E-state index in [9.17, 15) is 4.79 Å². The fourth-order valence-corrected chi connectivity index (χ4v) is 2.70. The number of hydrogen-bond acceptors (Lipinski definition) is 2. The van der Waals surface area contributed by atoms with Crippen molar-refractivity contribution in [1.82, 2.24) is 10.2 Å². The van der Waals surface area contributed by atoms with E-state index < -0.39 is 0 Å². The number of nitrogens with zero attached hydrogens (tertiary/aromatic N) is 1. The van der Waals surface area contributed by atoms with Gasteiger partial charge in [-0.25, -0.2) is 0 Å². The van der Waals surface area contributed by atoms with Gasteiger partial charge in [-0.2, -0.15) is 0 Å². The second kappa shape index (κ2) is 5.85. The molecule has 0 aromatic heterocycles. The largest absolute Gasteiger partial charge is 0.338 e. The number of rotatable bonds is 6. The minimum absolute atomic E-state index is 0.313. The molecule has 1 N–H and O–H groups in total. The molecule has 0 saturated heterocycles. The lowest BCUT2D eigenvalue weighted by molar-refractivity contribution is -0.131. The van der Waals surface area contributed by atoms with Gasteiger partial charge in [0.15, 0.2) is 0 Å². The topological polar surface area (TPSA) is 32.3 Å². The first-order valence-electron chi connectivity index (χ1n) is 7.19. The van der Waals surface area contributed by atoms with E-state index in [2.05, 4.69) is 24.1 Å². The van der Waals surface area contributed by atoms with Crippen molar-refractivity contribution in [3.05, 3.63) is 0 Å². The van der Waals surface area contributed by atoms with Crippen molar-refractivity contribution in [1.29, 1.82) is 0 Å². The third kappa shape index (κ3) is 3.98. The van der Waals surface area contributed by atoms with Crippen LogP contribution in [-0.4, -0.2) is 36.0 Å². The highest BCUT2D eigenvalue weighted by atomic mass is 16.2. The van der Waals surface area contributed by atoms with Gasteiger partial charge in [-0.3, -0.25) is 4.79 Å². The molecule has 1 amide bonds. The standard InChI is InChI=1S/C14H26N2O/c1-11(2)10-16(13-7-8-13)14(17)9-15-12-5-3-4-6-12/h11-13,15H,3-10H2,1-2H3. The fourth-order valence-electron chi connectivity index (χ4n) is 2.70. The van der Waals surface area contributed by atoms with E-state index in [-0.39, 0.29) is 0 Å². The van der Waals surface area contributed by atoms with Crippen LogP contribution in [0.2, 0.25) is 0 Å².